The van der Waals surface area contributed by atoms with Crippen molar-refractivity contribution in [1.82, 2.24) is 10.2 Å². The van der Waals surface area contributed by atoms with Crippen molar-refractivity contribution in [2.24, 2.45) is 5.92 Å². The summed E-state index contributed by atoms with van der Waals surface area (Å²) in [4.78, 5) is 2.47. The first-order valence-corrected chi connectivity index (χ1v) is 7.17. The third-order valence-corrected chi connectivity index (χ3v) is 4.31. The molecule has 1 aliphatic carbocycles. The van der Waals surface area contributed by atoms with Crippen molar-refractivity contribution in [2.45, 2.75) is 31.8 Å². The maximum Gasteiger partial charge on any atom is 0.119 e. The van der Waals surface area contributed by atoms with Gasteiger partial charge in [0.1, 0.15) is 5.75 Å². The van der Waals surface area contributed by atoms with Crippen molar-refractivity contribution in [3.8, 4) is 5.75 Å². The molecule has 0 aromatic heterocycles. The van der Waals surface area contributed by atoms with Crippen molar-refractivity contribution < 1.29 is 4.74 Å². The van der Waals surface area contributed by atoms with Gasteiger partial charge in [0.15, 0.2) is 0 Å². The van der Waals surface area contributed by atoms with Crippen molar-refractivity contribution in [3.05, 3.63) is 29.8 Å². The molecule has 1 fully saturated rings. The molecule has 1 aliphatic rings. The van der Waals surface area contributed by atoms with Gasteiger partial charge in [-0.2, -0.15) is 0 Å². The van der Waals surface area contributed by atoms with Crippen LogP contribution in [0.15, 0.2) is 24.3 Å². The molecular weight excluding hydrogens is 236 g/mol. The Balaban J connectivity index is 2.01. The predicted octanol–water partition coefficient (Wildman–Crippen LogP) is 2.69. The Morgan fingerprint density at radius 1 is 1.42 bits per heavy atom. The minimum atomic E-state index is 0.348. The van der Waals surface area contributed by atoms with Gasteiger partial charge >= 0.3 is 0 Å². The molecule has 2 atom stereocenters. The van der Waals surface area contributed by atoms with E-state index in [2.05, 4.69) is 42.4 Å². The highest BCUT2D eigenvalue weighted by atomic mass is 16.5. The molecule has 1 saturated carbocycles. The lowest BCUT2D eigenvalue weighted by Gasteiger charge is -2.29. The molecule has 0 bridgehead atoms. The van der Waals surface area contributed by atoms with Crippen LogP contribution < -0.4 is 10.1 Å². The lowest BCUT2D eigenvalue weighted by molar-refractivity contribution is 0.213. The van der Waals surface area contributed by atoms with Crippen LogP contribution in [0.4, 0.5) is 0 Å². The largest absolute Gasteiger partial charge is 0.497 e. The summed E-state index contributed by atoms with van der Waals surface area (Å²) in [6.07, 6.45) is 2.80. The van der Waals surface area contributed by atoms with Gasteiger partial charge in [-0.1, -0.05) is 12.1 Å². The van der Waals surface area contributed by atoms with Crippen molar-refractivity contribution in [1.29, 1.82) is 0 Å². The molecule has 2 unspecified atom stereocenters. The van der Waals surface area contributed by atoms with Crippen LogP contribution in [0.5, 0.6) is 5.75 Å². The number of hydrogen-bond donors (Lipinski definition) is 1. The van der Waals surface area contributed by atoms with Crippen LogP contribution in [0.3, 0.4) is 0 Å². The number of nitrogens with zero attached hydrogens (tertiary/aromatic N) is 1. The number of ether oxygens (including phenoxy) is 1. The first kappa shape index (κ1) is 14.4. The molecule has 1 aromatic rings. The molecular formula is C16H26N2O. The zero-order chi connectivity index (χ0) is 13.8. The minimum Gasteiger partial charge on any atom is -0.497 e. The number of rotatable bonds is 7. The summed E-state index contributed by atoms with van der Waals surface area (Å²) in [5.74, 6) is 1.84. The van der Waals surface area contributed by atoms with Gasteiger partial charge in [0, 0.05) is 18.6 Å². The lowest BCUT2D eigenvalue weighted by atomic mass is 10.0. The number of nitrogens with one attached hydrogen (secondary N) is 1. The third-order valence-electron chi connectivity index (χ3n) is 4.31. The molecule has 3 heteroatoms. The van der Waals surface area contributed by atoms with Crippen LogP contribution in [-0.4, -0.2) is 38.7 Å². The van der Waals surface area contributed by atoms with E-state index in [9.17, 15) is 0 Å². The van der Waals surface area contributed by atoms with Gasteiger partial charge in [-0.15, -0.1) is 0 Å². The van der Waals surface area contributed by atoms with Crippen molar-refractivity contribution >= 4 is 0 Å². The smallest absolute Gasteiger partial charge is 0.119 e. The monoisotopic (exact) mass is 262 g/mol. The highest BCUT2D eigenvalue weighted by molar-refractivity contribution is 5.30. The molecule has 1 aromatic carbocycles. The number of benzene rings is 1. The second kappa shape index (κ2) is 6.40. The Morgan fingerprint density at radius 3 is 2.74 bits per heavy atom. The molecule has 106 valence electrons. The molecule has 0 radical (unpaired) electrons. The zero-order valence-corrected chi connectivity index (χ0v) is 12.5. The van der Waals surface area contributed by atoms with E-state index in [4.69, 9.17) is 4.74 Å². The Morgan fingerprint density at radius 2 is 2.16 bits per heavy atom. The molecule has 2 rings (SSSR count). The van der Waals surface area contributed by atoms with Gasteiger partial charge in [-0.3, -0.25) is 0 Å². The second-order valence-electron chi connectivity index (χ2n) is 5.64. The molecule has 0 amide bonds. The molecule has 3 nitrogen and oxygen atoms in total. The van der Waals surface area contributed by atoms with Crippen LogP contribution in [0.2, 0.25) is 0 Å². The van der Waals surface area contributed by atoms with Crippen LogP contribution >= 0.6 is 0 Å². The predicted molar refractivity (Wildman–Crippen MR) is 79.6 cm³/mol. The summed E-state index contributed by atoms with van der Waals surface area (Å²) in [5.41, 5.74) is 1.29. The molecule has 0 heterocycles. The van der Waals surface area contributed by atoms with E-state index < -0.39 is 0 Å². The van der Waals surface area contributed by atoms with Gasteiger partial charge in [0.05, 0.1) is 7.11 Å². The van der Waals surface area contributed by atoms with E-state index in [-0.39, 0.29) is 0 Å². The number of likely N-dealkylation sites (N-methyl/N-ethyl adjacent to an activating group) is 2. The van der Waals surface area contributed by atoms with Gasteiger partial charge in [0.25, 0.3) is 0 Å². The first-order chi connectivity index (χ1) is 9.15. The maximum absolute atomic E-state index is 5.31. The average molecular weight is 262 g/mol. The molecule has 0 spiro atoms. The van der Waals surface area contributed by atoms with E-state index in [0.29, 0.717) is 12.1 Å². The highest BCUT2D eigenvalue weighted by Gasteiger charge is 2.31. The standard InChI is InChI=1S/C16H26N2O/c1-12(13-8-9-13)18(3)11-16(17-2)14-6-5-7-15(10-14)19-4/h5-7,10,12-13,16-17H,8-9,11H2,1-4H3. The van der Waals surface area contributed by atoms with E-state index in [0.717, 1.165) is 18.2 Å². The Kier molecular flexibility index (Phi) is 4.83. The van der Waals surface area contributed by atoms with Gasteiger partial charge in [-0.25, -0.2) is 0 Å². The molecule has 0 saturated heterocycles. The van der Waals surface area contributed by atoms with E-state index in [1.54, 1.807) is 7.11 Å². The highest BCUT2D eigenvalue weighted by Crippen LogP contribution is 2.35. The molecule has 19 heavy (non-hydrogen) atoms. The zero-order valence-electron chi connectivity index (χ0n) is 12.5. The quantitative estimate of drug-likeness (QED) is 0.817. The normalized spacial score (nSPS) is 18.4. The number of hydrogen-bond acceptors (Lipinski definition) is 3. The van der Waals surface area contributed by atoms with Gasteiger partial charge < -0.3 is 15.0 Å². The van der Waals surface area contributed by atoms with Crippen LogP contribution in [0.1, 0.15) is 31.4 Å². The summed E-state index contributed by atoms with van der Waals surface area (Å²) >= 11 is 0. The van der Waals surface area contributed by atoms with Crippen LogP contribution in [0, 0.1) is 5.92 Å². The maximum atomic E-state index is 5.31. The fourth-order valence-corrected chi connectivity index (χ4v) is 2.61. The molecule has 0 aliphatic heterocycles. The Hall–Kier alpha value is -1.06. The van der Waals surface area contributed by atoms with Gasteiger partial charge in [-0.05, 0) is 57.5 Å². The number of methoxy groups -OCH3 is 1. The Bertz CT molecular complexity index is 403. The van der Waals surface area contributed by atoms with Gasteiger partial charge in [0.2, 0.25) is 0 Å². The summed E-state index contributed by atoms with van der Waals surface area (Å²) in [5, 5.41) is 3.42. The lowest BCUT2D eigenvalue weighted by Crippen LogP contribution is -2.37. The van der Waals surface area contributed by atoms with Crippen molar-refractivity contribution in [3.63, 3.8) is 0 Å². The summed E-state index contributed by atoms with van der Waals surface area (Å²) in [6, 6.07) is 9.37. The Labute approximate surface area is 116 Å². The minimum absolute atomic E-state index is 0.348. The fraction of sp³-hybridized carbons (Fsp3) is 0.625. The van der Waals surface area contributed by atoms with E-state index >= 15 is 0 Å². The van der Waals surface area contributed by atoms with E-state index in [1.165, 1.54) is 18.4 Å². The third kappa shape index (κ3) is 3.71. The van der Waals surface area contributed by atoms with Crippen LogP contribution in [-0.2, 0) is 0 Å². The molecule has 1 N–H and O–H groups in total. The second-order valence-corrected chi connectivity index (χ2v) is 5.64. The SMILES string of the molecule is CNC(CN(C)C(C)C1CC1)c1cccc(OC)c1. The first-order valence-electron chi connectivity index (χ1n) is 7.17. The summed E-state index contributed by atoms with van der Waals surface area (Å²) in [6.45, 7) is 3.37. The van der Waals surface area contributed by atoms with E-state index in [1.807, 2.05) is 13.1 Å². The average Bonchev–Trinajstić information content (AvgIpc) is 3.28. The van der Waals surface area contributed by atoms with Crippen molar-refractivity contribution in [2.75, 3.05) is 27.7 Å². The summed E-state index contributed by atoms with van der Waals surface area (Å²) in [7, 11) is 5.97. The topological polar surface area (TPSA) is 24.5 Å². The fourth-order valence-electron chi connectivity index (χ4n) is 2.61. The summed E-state index contributed by atoms with van der Waals surface area (Å²) < 4.78 is 5.31. The van der Waals surface area contributed by atoms with Crippen LogP contribution in [0.25, 0.3) is 0 Å².